The van der Waals surface area contributed by atoms with Crippen LogP contribution in [0.5, 0.6) is 0 Å². The van der Waals surface area contributed by atoms with Gasteiger partial charge in [-0.15, -0.1) is 0 Å². The van der Waals surface area contributed by atoms with Crippen molar-refractivity contribution in [2.24, 2.45) is 17.8 Å². The standard InChI is InChI=1S/C12H23N/c1-3-4-10-5-6-11-9(2)7-8-13-12(10)11/h9-13H,3-8H2,1-2H3. The minimum atomic E-state index is 0.878. The van der Waals surface area contributed by atoms with E-state index in [9.17, 15) is 0 Å². The van der Waals surface area contributed by atoms with Crippen molar-refractivity contribution in [1.82, 2.24) is 5.32 Å². The van der Waals surface area contributed by atoms with Crippen molar-refractivity contribution in [3.8, 4) is 0 Å². The third-order valence-electron chi connectivity index (χ3n) is 4.21. The van der Waals surface area contributed by atoms with E-state index in [1.165, 1.54) is 38.6 Å². The van der Waals surface area contributed by atoms with Crippen LogP contribution in [-0.2, 0) is 0 Å². The van der Waals surface area contributed by atoms with Gasteiger partial charge in [0.05, 0.1) is 0 Å². The van der Waals surface area contributed by atoms with Crippen molar-refractivity contribution in [2.45, 2.75) is 52.0 Å². The summed E-state index contributed by atoms with van der Waals surface area (Å²) in [5.41, 5.74) is 0. The fourth-order valence-corrected chi connectivity index (χ4v) is 3.46. The normalized spacial score (nSPS) is 44.8. The first-order valence-electron chi connectivity index (χ1n) is 6.06. The van der Waals surface area contributed by atoms with E-state index in [1.54, 1.807) is 0 Å². The fourth-order valence-electron chi connectivity index (χ4n) is 3.46. The van der Waals surface area contributed by atoms with Crippen LogP contribution in [0.3, 0.4) is 0 Å². The number of fused-ring (bicyclic) bond motifs is 1. The van der Waals surface area contributed by atoms with Gasteiger partial charge in [-0.2, -0.15) is 0 Å². The molecule has 0 spiro atoms. The summed E-state index contributed by atoms with van der Waals surface area (Å²) in [5, 5.41) is 3.75. The average molecular weight is 181 g/mol. The van der Waals surface area contributed by atoms with Gasteiger partial charge in [0, 0.05) is 6.04 Å². The second kappa shape index (κ2) is 4.00. The molecule has 0 amide bonds. The summed E-state index contributed by atoms with van der Waals surface area (Å²) in [6.07, 6.45) is 7.19. The van der Waals surface area contributed by atoms with Gasteiger partial charge in [-0.3, -0.25) is 0 Å². The van der Waals surface area contributed by atoms with Crippen molar-refractivity contribution >= 4 is 0 Å². The Bertz CT molecular complexity index is 167. The first kappa shape index (κ1) is 9.51. The van der Waals surface area contributed by atoms with Crippen LogP contribution < -0.4 is 5.32 Å². The lowest BCUT2D eigenvalue weighted by molar-refractivity contribution is 0.202. The molecule has 0 aromatic heterocycles. The molecule has 76 valence electrons. The summed E-state index contributed by atoms with van der Waals surface area (Å²) >= 11 is 0. The van der Waals surface area contributed by atoms with Gasteiger partial charge in [-0.05, 0) is 50.0 Å². The van der Waals surface area contributed by atoms with Crippen molar-refractivity contribution in [3.05, 3.63) is 0 Å². The van der Waals surface area contributed by atoms with Gasteiger partial charge in [-0.25, -0.2) is 0 Å². The molecule has 1 aliphatic carbocycles. The van der Waals surface area contributed by atoms with Crippen molar-refractivity contribution in [3.63, 3.8) is 0 Å². The third-order valence-corrected chi connectivity index (χ3v) is 4.21. The maximum atomic E-state index is 3.75. The van der Waals surface area contributed by atoms with Gasteiger partial charge in [0.1, 0.15) is 0 Å². The highest BCUT2D eigenvalue weighted by Crippen LogP contribution is 2.41. The largest absolute Gasteiger partial charge is 0.313 e. The van der Waals surface area contributed by atoms with Crippen LogP contribution in [0.15, 0.2) is 0 Å². The molecule has 1 heterocycles. The van der Waals surface area contributed by atoms with Crippen LogP contribution in [0, 0.1) is 17.8 Å². The highest BCUT2D eigenvalue weighted by molar-refractivity contribution is 4.94. The highest BCUT2D eigenvalue weighted by atomic mass is 15.0. The molecule has 0 radical (unpaired) electrons. The molecule has 0 aromatic carbocycles. The molecule has 1 N–H and O–H groups in total. The van der Waals surface area contributed by atoms with Gasteiger partial charge in [0.25, 0.3) is 0 Å². The molecular formula is C12H23N. The van der Waals surface area contributed by atoms with E-state index in [0.717, 1.165) is 23.8 Å². The second-order valence-electron chi connectivity index (χ2n) is 5.04. The van der Waals surface area contributed by atoms with E-state index in [1.807, 2.05) is 0 Å². The Balaban J connectivity index is 1.97. The predicted molar refractivity (Wildman–Crippen MR) is 56.7 cm³/mol. The Kier molecular flexibility index (Phi) is 2.92. The zero-order valence-corrected chi connectivity index (χ0v) is 9.05. The molecule has 4 atom stereocenters. The minimum absolute atomic E-state index is 0.878. The van der Waals surface area contributed by atoms with Crippen LogP contribution in [0.25, 0.3) is 0 Å². The number of nitrogens with one attached hydrogen (secondary N) is 1. The molecule has 1 nitrogen and oxygen atoms in total. The van der Waals surface area contributed by atoms with Crippen LogP contribution in [-0.4, -0.2) is 12.6 Å². The Morgan fingerprint density at radius 3 is 2.85 bits per heavy atom. The first-order chi connectivity index (χ1) is 6.33. The number of piperidine rings is 1. The zero-order chi connectivity index (χ0) is 9.26. The molecule has 2 rings (SSSR count). The Hall–Kier alpha value is -0.0400. The van der Waals surface area contributed by atoms with Gasteiger partial charge < -0.3 is 5.32 Å². The smallest absolute Gasteiger partial charge is 0.0126 e. The van der Waals surface area contributed by atoms with E-state index in [2.05, 4.69) is 19.2 Å². The van der Waals surface area contributed by atoms with E-state index in [-0.39, 0.29) is 0 Å². The number of hydrogen-bond acceptors (Lipinski definition) is 1. The molecule has 1 saturated carbocycles. The van der Waals surface area contributed by atoms with Crippen molar-refractivity contribution in [2.75, 3.05) is 6.54 Å². The molecule has 1 aliphatic heterocycles. The molecule has 0 aromatic rings. The zero-order valence-electron chi connectivity index (χ0n) is 9.05. The van der Waals surface area contributed by atoms with Gasteiger partial charge in [0.2, 0.25) is 0 Å². The summed E-state index contributed by atoms with van der Waals surface area (Å²) in [5.74, 6) is 2.98. The monoisotopic (exact) mass is 181 g/mol. The summed E-state index contributed by atoms with van der Waals surface area (Å²) < 4.78 is 0. The average Bonchev–Trinajstić information content (AvgIpc) is 2.51. The third kappa shape index (κ3) is 1.76. The molecule has 13 heavy (non-hydrogen) atoms. The SMILES string of the molecule is CCCC1CCC2C(C)CCNC12. The van der Waals surface area contributed by atoms with E-state index in [0.29, 0.717) is 0 Å². The molecule has 4 unspecified atom stereocenters. The highest BCUT2D eigenvalue weighted by Gasteiger charge is 2.39. The summed E-state index contributed by atoms with van der Waals surface area (Å²) in [4.78, 5) is 0. The quantitative estimate of drug-likeness (QED) is 0.690. The summed E-state index contributed by atoms with van der Waals surface area (Å²) in [6, 6.07) is 0.878. The van der Waals surface area contributed by atoms with Gasteiger partial charge in [0.15, 0.2) is 0 Å². The topological polar surface area (TPSA) is 12.0 Å². The van der Waals surface area contributed by atoms with E-state index >= 15 is 0 Å². The first-order valence-corrected chi connectivity index (χ1v) is 6.06. The molecule has 1 heteroatoms. The lowest BCUT2D eigenvalue weighted by Crippen LogP contribution is -2.45. The summed E-state index contributed by atoms with van der Waals surface area (Å²) in [7, 11) is 0. The van der Waals surface area contributed by atoms with Crippen molar-refractivity contribution in [1.29, 1.82) is 0 Å². The molecule has 2 aliphatic rings. The maximum Gasteiger partial charge on any atom is 0.0126 e. The Labute approximate surface area is 82.3 Å². The lowest BCUT2D eigenvalue weighted by Gasteiger charge is -2.35. The van der Waals surface area contributed by atoms with Crippen LogP contribution in [0.1, 0.15) is 46.0 Å². The molecule has 2 fully saturated rings. The fraction of sp³-hybridized carbons (Fsp3) is 1.00. The van der Waals surface area contributed by atoms with Crippen LogP contribution in [0.4, 0.5) is 0 Å². The summed E-state index contributed by atoms with van der Waals surface area (Å²) in [6.45, 7) is 6.04. The number of rotatable bonds is 2. The van der Waals surface area contributed by atoms with Gasteiger partial charge >= 0.3 is 0 Å². The Morgan fingerprint density at radius 1 is 1.23 bits per heavy atom. The van der Waals surface area contributed by atoms with E-state index < -0.39 is 0 Å². The van der Waals surface area contributed by atoms with Crippen LogP contribution >= 0.6 is 0 Å². The lowest BCUT2D eigenvalue weighted by atomic mass is 9.81. The number of hydrogen-bond donors (Lipinski definition) is 1. The Morgan fingerprint density at radius 2 is 2.08 bits per heavy atom. The predicted octanol–water partition coefficient (Wildman–Crippen LogP) is 2.81. The minimum Gasteiger partial charge on any atom is -0.313 e. The van der Waals surface area contributed by atoms with E-state index in [4.69, 9.17) is 0 Å². The molecule has 1 saturated heterocycles. The molecular weight excluding hydrogens is 158 g/mol. The second-order valence-corrected chi connectivity index (χ2v) is 5.04. The van der Waals surface area contributed by atoms with Gasteiger partial charge in [-0.1, -0.05) is 20.3 Å². The van der Waals surface area contributed by atoms with Crippen molar-refractivity contribution < 1.29 is 0 Å². The van der Waals surface area contributed by atoms with Crippen LogP contribution in [0.2, 0.25) is 0 Å². The maximum absolute atomic E-state index is 3.75. The molecule has 0 bridgehead atoms.